The van der Waals surface area contributed by atoms with Crippen LogP contribution in [0.3, 0.4) is 0 Å². The molecular weight excluding hydrogens is 418 g/mol. The Morgan fingerprint density at radius 3 is 2.30 bits per heavy atom. The van der Waals surface area contributed by atoms with Crippen LogP contribution in [0.4, 0.5) is 23.5 Å². The van der Waals surface area contributed by atoms with E-state index in [2.05, 4.69) is 36.1 Å². The van der Waals surface area contributed by atoms with Gasteiger partial charge >= 0.3 is 0 Å². The molecule has 0 atom stereocenters. The van der Waals surface area contributed by atoms with Gasteiger partial charge in [-0.1, -0.05) is 48.5 Å². The highest BCUT2D eigenvalue weighted by Crippen LogP contribution is 2.25. The first-order chi connectivity index (χ1) is 16.2. The van der Waals surface area contributed by atoms with Crippen molar-refractivity contribution >= 4 is 29.7 Å². The van der Waals surface area contributed by atoms with Crippen molar-refractivity contribution in [2.75, 3.05) is 23.2 Å². The average molecular weight is 441 g/mol. The van der Waals surface area contributed by atoms with Gasteiger partial charge in [-0.25, -0.2) is 5.43 Å². The molecule has 0 fully saturated rings. The maximum Gasteiger partial charge on any atom is 0.250 e. The van der Waals surface area contributed by atoms with Gasteiger partial charge in [0.25, 0.3) is 0 Å². The Labute approximate surface area is 191 Å². The Hall–Kier alpha value is -4.66. The Kier molecular flexibility index (Phi) is 6.92. The van der Waals surface area contributed by atoms with E-state index in [1.165, 1.54) is 7.11 Å². The van der Waals surface area contributed by atoms with Gasteiger partial charge in [0, 0.05) is 12.2 Å². The third-order valence-electron chi connectivity index (χ3n) is 4.54. The minimum atomic E-state index is 0.0309. The van der Waals surface area contributed by atoms with E-state index in [4.69, 9.17) is 4.74 Å². The van der Waals surface area contributed by atoms with E-state index >= 15 is 0 Å². The standard InChI is InChI=1S/C24H23N7O2/c1-33-21-13-12-18(14-20(21)32)16-26-31-24-29-22(25-15-17-8-4-2-5-9-17)28-23(30-24)27-19-10-6-3-7-11-19/h2-14,16,32H,15H2,1H3,(H3,25,27,28,29,30,31)/b26-16-. The Balaban J connectivity index is 1.52. The first-order valence-corrected chi connectivity index (χ1v) is 10.2. The van der Waals surface area contributed by atoms with E-state index in [-0.39, 0.29) is 11.7 Å². The monoisotopic (exact) mass is 441 g/mol. The number of anilines is 4. The van der Waals surface area contributed by atoms with Crippen LogP contribution in [0.1, 0.15) is 11.1 Å². The minimum Gasteiger partial charge on any atom is -0.504 e. The Morgan fingerprint density at radius 1 is 0.879 bits per heavy atom. The Morgan fingerprint density at radius 2 is 1.58 bits per heavy atom. The SMILES string of the molecule is COc1ccc(/C=N\Nc2nc(NCc3ccccc3)nc(Nc3ccccc3)n2)cc1O. The molecule has 9 heteroatoms. The molecule has 4 N–H and O–H groups in total. The van der Waals surface area contributed by atoms with Crippen LogP contribution >= 0.6 is 0 Å². The number of hydrogen-bond donors (Lipinski definition) is 4. The molecular formula is C24H23N7O2. The summed E-state index contributed by atoms with van der Waals surface area (Å²) in [4.78, 5) is 13.2. The first-order valence-electron chi connectivity index (χ1n) is 10.2. The van der Waals surface area contributed by atoms with Gasteiger partial charge in [0.15, 0.2) is 11.5 Å². The number of nitrogens with zero attached hydrogens (tertiary/aromatic N) is 4. The number of phenolic OH excluding ortho intramolecular Hbond substituents is 1. The molecule has 0 bridgehead atoms. The van der Waals surface area contributed by atoms with Gasteiger partial charge in [-0.3, -0.25) is 0 Å². The van der Waals surface area contributed by atoms with Crippen LogP contribution in [0.5, 0.6) is 11.5 Å². The molecule has 0 amide bonds. The summed E-state index contributed by atoms with van der Waals surface area (Å²) in [6.45, 7) is 0.559. The van der Waals surface area contributed by atoms with Crippen LogP contribution in [0.15, 0.2) is 84.0 Å². The topological polar surface area (TPSA) is 117 Å². The summed E-state index contributed by atoms with van der Waals surface area (Å²) in [7, 11) is 1.50. The fourth-order valence-corrected chi connectivity index (χ4v) is 2.94. The van der Waals surface area contributed by atoms with Gasteiger partial charge in [0.2, 0.25) is 17.8 Å². The molecule has 0 unspecified atom stereocenters. The summed E-state index contributed by atoms with van der Waals surface area (Å²) >= 11 is 0. The summed E-state index contributed by atoms with van der Waals surface area (Å²) in [5, 5.41) is 20.5. The summed E-state index contributed by atoms with van der Waals surface area (Å²) in [6.07, 6.45) is 1.55. The molecule has 4 rings (SSSR count). The van der Waals surface area contributed by atoms with Crippen molar-refractivity contribution in [3.63, 3.8) is 0 Å². The molecule has 166 valence electrons. The zero-order chi connectivity index (χ0) is 22.9. The number of para-hydroxylation sites is 1. The number of aromatic nitrogens is 3. The molecule has 1 heterocycles. The number of benzene rings is 3. The minimum absolute atomic E-state index is 0.0309. The van der Waals surface area contributed by atoms with Crippen molar-refractivity contribution in [1.29, 1.82) is 0 Å². The lowest BCUT2D eigenvalue weighted by atomic mass is 10.2. The predicted molar refractivity (Wildman–Crippen MR) is 129 cm³/mol. The normalized spacial score (nSPS) is 10.7. The molecule has 9 nitrogen and oxygen atoms in total. The highest BCUT2D eigenvalue weighted by molar-refractivity contribution is 5.81. The van der Waals surface area contributed by atoms with Crippen LogP contribution in [0, 0.1) is 0 Å². The molecule has 0 spiro atoms. The van der Waals surface area contributed by atoms with Crippen LogP contribution in [-0.2, 0) is 6.54 Å². The third-order valence-corrected chi connectivity index (χ3v) is 4.54. The van der Waals surface area contributed by atoms with Crippen molar-refractivity contribution < 1.29 is 9.84 Å². The molecule has 1 aromatic heterocycles. The third kappa shape index (κ3) is 6.17. The lowest BCUT2D eigenvalue weighted by Gasteiger charge is -2.10. The van der Waals surface area contributed by atoms with Gasteiger partial charge in [-0.05, 0) is 41.5 Å². The first kappa shape index (κ1) is 21.6. The summed E-state index contributed by atoms with van der Waals surface area (Å²) in [5.74, 6) is 1.44. The lowest BCUT2D eigenvalue weighted by Crippen LogP contribution is -2.09. The van der Waals surface area contributed by atoms with Crippen molar-refractivity contribution in [2.24, 2.45) is 5.10 Å². The molecule has 0 aliphatic rings. The second-order valence-corrected chi connectivity index (χ2v) is 6.94. The Bertz CT molecular complexity index is 1220. The molecule has 0 saturated heterocycles. The molecule has 0 saturated carbocycles. The van der Waals surface area contributed by atoms with E-state index in [9.17, 15) is 5.11 Å². The van der Waals surface area contributed by atoms with Crippen LogP contribution < -0.4 is 20.8 Å². The number of rotatable bonds is 9. The van der Waals surface area contributed by atoms with Gasteiger partial charge in [0.1, 0.15) is 0 Å². The summed E-state index contributed by atoms with van der Waals surface area (Å²) in [5.41, 5.74) is 5.45. The van der Waals surface area contributed by atoms with Gasteiger partial charge in [-0.2, -0.15) is 20.1 Å². The average Bonchev–Trinajstić information content (AvgIpc) is 2.84. The van der Waals surface area contributed by atoms with E-state index in [1.807, 2.05) is 60.7 Å². The van der Waals surface area contributed by atoms with Crippen molar-refractivity contribution in [3.8, 4) is 11.5 Å². The fourth-order valence-electron chi connectivity index (χ4n) is 2.94. The van der Waals surface area contributed by atoms with Crippen LogP contribution in [-0.4, -0.2) is 33.4 Å². The number of aromatic hydroxyl groups is 1. The summed E-state index contributed by atoms with van der Waals surface area (Å²) < 4.78 is 5.05. The maximum atomic E-state index is 9.92. The lowest BCUT2D eigenvalue weighted by molar-refractivity contribution is 0.373. The van der Waals surface area contributed by atoms with Gasteiger partial charge in [0.05, 0.1) is 13.3 Å². The molecule has 4 aromatic rings. The second-order valence-electron chi connectivity index (χ2n) is 6.94. The number of hydrazone groups is 1. The predicted octanol–water partition coefficient (Wildman–Crippen LogP) is 4.39. The highest BCUT2D eigenvalue weighted by Gasteiger charge is 2.07. The van der Waals surface area contributed by atoms with Crippen molar-refractivity contribution in [2.45, 2.75) is 6.54 Å². The molecule has 0 radical (unpaired) electrons. The maximum absolute atomic E-state index is 9.92. The van der Waals surface area contributed by atoms with E-state index in [0.29, 0.717) is 29.8 Å². The molecule has 3 aromatic carbocycles. The zero-order valence-corrected chi connectivity index (χ0v) is 17.9. The molecule has 0 aliphatic carbocycles. The fraction of sp³-hybridized carbons (Fsp3) is 0.0833. The van der Waals surface area contributed by atoms with Gasteiger partial charge in [-0.15, -0.1) is 0 Å². The molecule has 33 heavy (non-hydrogen) atoms. The second kappa shape index (κ2) is 10.6. The number of phenols is 1. The van der Waals surface area contributed by atoms with Crippen LogP contribution in [0.25, 0.3) is 0 Å². The smallest absolute Gasteiger partial charge is 0.250 e. The van der Waals surface area contributed by atoms with E-state index in [1.54, 1.807) is 24.4 Å². The quantitative estimate of drug-likeness (QED) is 0.223. The largest absolute Gasteiger partial charge is 0.504 e. The van der Waals surface area contributed by atoms with Gasteiger partial charge < -0.3 is 20.5 Å². The van der Waals surface area contributed by atoms with E-state index < -0.39 is 0 Å². The van der Waals surface area contributed by atoms with Crippen molar-refractivity contribution in [3.05, 3.63) is 90.0 Å². The summed E-state index contributed by atoms with van der Waals surface area (Å²) in [6, 6.07) is 24.6. The van der Waals surface area contributed by atoms with Crippen LogP contribution in [0.2, 0.25) is 0 Å². The number of nitrogens with one attached hydrogen (secondary N) is 3. The zero-order valence-electron chi connectivity index (χ0n) is 17.9. The number of ether oxygens (including phenoxy) is 1. The van der Waals surface area contributed by atoms with E-state index in [0.717, 1.165) is 11.3 Å². The highest BCUT2D eigenvalue weighted by atomic mass is 16.5. The van der Waals surface area contributed by atoms with Crippen molar-refractivity contribution in [1.82, 2.24) is 15.0 Å². The number of hydrogen-bond acceptors (Lipinski definition) is 9. The number of methoxy groups -OCH3 is 1. The molecule has 0 aliphatic heterocycles.